The average molecular weight is 359 g/mol. The Morgan fingerprint density at radius 1 is 1.52 bits per heavy atom. The zero-order valence-corrected chi connectivity index (χ0v) is 13.1. The lowest BCUT2D eigenvalue weighted by atomic mass is 10.1. The van der Waals surface area contributed by atoms with Gasteiger partial charge in [-0.15, -0.1) is 0 Å². The van der Waals surface area contributed by atoms with Crippen LogP contribution in [0.4, 0.5) is 14.9 Å². The van der Waals surface area contributed by atoms with Gasteiger partial charge in [0.25, 0.3) is 0 Å². The number of nitrogens with zero attached hydrogens (tertiary/aromatic N) is 1. The third kappa shape index (κ3) is 3.93. The summed E-state index contributed by atoms with van der Waals surface area (Å²) in [5.74, 6) is -1.23. The fraction of sp³-hybridized carbons (Fsp3) is 0.429. The molecule has 1 heterocycles. The number of amides is 2. The topological polar surface area (TPSA) is 69.6 Å². The smallest absolute Gasteiger partial charge is 0.321 e. The summed E-state index contributed by atoms with van der Waals surface area (Å²) in [6.07, 6.45) is 0.761. The molecule has 0 spiro atoms. The Kier molecular flexibility index (Phi) is 4.82. The Hall–Kier alpha value is -1.63. The molecule has 1 atom stereocenters. The molecule has 0 bridgehead atoms. The van der Waals surface area contributed by atoms with Gasteiger partial charge in [0.2, 0.25) is 0 Å². The van der Waals surface area contributed by atoms with Crippen molar-refractivity contribution < 1.29 is 19.1 Å². The molecule has 1 aliphatic rings. The molecule has 1 aromatic rings. The van der Waals surface area contributed by atoms with E-state index >= 15 is 0 Å². The molecule has 7 heteroatoms. The Bertz CT molecular complexity index is 580. The third-order valence-electron chi connectivity index (χ3n) is 3.55. The number of likely N-dealkylation sites (tertiary alicyclic amines) is 1. The van der Waals surface area contributed by atoms with Gasteiger partial charge in [-0.2, -0.15) is 0 Å². The summed E-state index contributed by atoms with van der Waals surface area (Å²) in [5.41, 5.74) is 1.17. The van der Waals surface area contributed by atoms with Crippen LogP contribution in [-0.4, -0.2) is 35.1 Å². The fourth-order valence-corrected chi connectivity index (χ4v) is 2.75. The summed E-state index contributed by atoms with van der Waals surface area (Å²) < 4.78 is 13.6. The second kappa shape index (κ2) is 6.43. The van der Waals surface area contributed by atoms with Crippen molar-refractivity contribution in [3.05, 3.63) is 28.0 Å². The largest absolute Gasteiger partial charge is 0.481 e. The summed E-state index contributed by atoms with van der Waals surface area (Å²) >= 11 is 3.09. The molecule has 1 unspecified atom stereocenters. The molecule has 21 heavy (non-hydrogen) atoms. The SMILES string of the molecule is Cc1cc(F)c(Br)cc1NC(=O)N1CCC(CC(=O)O)C1. The number of carbonyl (C=O) groups excluding carboxylic acids is 1. The van der Waals surface area contributed by atoms with E-state index in [0.717, 1.165) is 0 Å². The molecule has 1 fully saturated rings. The molecular weight excluding hydrogens is 343 g/mol. The Morgan fingerprint density at radius 3 is 2.90 bits per heavy atom. The van der Waals surface area contributed by atoms with Gasteiger partial charge in [0.15, 0.2) is 0 Å². The molecule has 1 aliphatic heterocycles. The number of nitrogens with one attached hydrogen (secondary N) is 1. The molecular formula is C14H16BrFN2O3. The van der Waals surface area contributed by atoms with Crippen LogP contribution in [0.2, 0.25) is 0 Å². The van der Waals surface area contributed by atoms with Crippen LogP contribution in [-0.2, 0) is 4.79 Å². The maximum atomic E-state index is 13.3. The molecule has 0 aromatic heterocycles. The van der Waals surface area contributed by atoms with Crippen LogP contribution < -0.4 is 5.32 Å². The lowest BCUT2D eigenvalue weighted by Crippen LogP contribution is -2.33. The fourth-order valence-electron chi connectivity index (χ4n) is 2.41. The Morgan fingerprint density at radius 2 is 2.24 bits per heavy atom. The summed E-state index contributed by atoms with van der Waals surface area (Å²) in [6, 6.07) is 2.58. The molecule has 2 rings (SSSR count). The number of hydrogen-bond donors (Lipinski definition) is 2. The quantitative estimate of drug-likeness (QED) is 0.871. The highest BCUT2D eigenvalue weighted by molar-refractivity contribution is 9.10. The predicted molar refractivity (Wildman–Crippen MR) is 79.8 cm³/mol. The van der Waals surface area contributed by atoms with Gasteiger partial charge in [0, 0.05) is 25.2 Å². The summed E-state index contributed by atoms with van der Waals surface area (Å²) in [4.78, 5) is 24.4. The van der Waals surface area contributed by atoms with E-state index in [9.17, 15) is 14.0 Å². The van der Waals surface area contributed by atoms with Gasteiger partial charge in [-0.1, -0.05) is 0 Å². The van der Waals surface area contributed by atoms with E-state index in [4.69, 9.17) is 5.11 Å². The number of rotatable bonds is 3. The first-order valence-corrected chi connectivity index (χ1v) is 7.39. The van der Waals surface area contributed by atoms with Crippen LogP contribution in [0.3, 0.4) is 0 Å². The highest BCUT2D eigenvalue weighted by Gasteiger charge is 2.28. The number of carboxylic acids is 1. The number of urea groups is 1. The van der Waals surface area contributed by atoms with E-state index in [1.165, 1.54) is 12.1 Å². The normalized spacial score (nSPS) is 17.9. The number of benzene rings is 1. The lowest BCUT2D eigenvalue weighted by Gasteiger charge is -2.18. The van der Waals surface area contributed by atoms with Crippen LogP contribution in [0.5, 0.6) is 0 Å². The van der Waals surface area contributed by atoms with E-state index in [0.29, 0.717) is 30.8 Å². The van der Waals surface area contributed by atoms with Crippen LogP contribution in [0, 0.1) is 18.7 Å². The molecule has 1 saturated heterocycles. The van der Waals surface area contributed by atoms with Crippen molar-refractivity contribution in [1.29, 1.82) is 0 Å². The molecule has 1 aromatic carbocycles. The van der Waals surface area contributed by atoms with Crippen molar-refractivity contribution in [3.63, 3.8) is 0 Å². The zero-order chi connectivity index (χ0) is 15.6. The molecule has 2 N–H and O–H groups in total. The minimum Gasteiger partial charge on any atom is -0.481 e. The van der Waals surface area contributed by atoms with Crippen molar-refractivity contribution in [2.45, 2.75) is 19.8 Å². The van der Waals surface area contributed by atoms with E-state index in [2.05, 4.69) is 21.2 Å². The van der Waals surface area contributed by atoms with E-state index in [1.54, 1.807) is 11.8 Å². The molecule has 0 saturated carbocycles. The monoisotopic (exact) mass is 358 g/mol. The van der Waals surface area contributed by atoms with Crippen LogP contribution in [0.15, 0.2) is 16.6 Å². The Labute approximate surface area is 130 Å². The molecule has 2 amide bonds. The minimum absolute atomic E-state index is 0.00528. The first-order chi connectivity index (χ1) is 9.86. The van der Waals surface area contributed by atoms with Crippen LogP contribution >= 0.6 is 15.9 Å². The maximum Gasteiger partial charge on any atom is 0.321 e. The van der Waals surface area contributed by atoms with Crippen LogP contribution in [0.25, 0.3) is 0 Å². The number of hydrogen-bond acceptors (Lipinski definition) is 2. The summed E-state index contributed by atoms with van der Waals surface area (Å²) in [7, 11) is 0. The molecule has 0 aliphatic carbocycles. The maximum absolute atomic E-state index is 13.3. The van der Waals surface area contributed by atoms with Gasteiger partial charge in [0.1, 0.15) is 5.82 Å². The van der Waals surface area contributed by atoms with Gasteiger partial charge in [-0.3, -0.25) is 4.79 Å². The van der Waals surface area contributed by atoms with E-state index < -0.39 is 5.97 Å². The van der Waals surface area contributed by atoms with E-state index in [1.807, 2.05) is 0 Å². The average Bonchev–Trinajstić information content (AvgIpc) is 2.83. The highest BCUT2D eigenvalue weighted by Crippen LogP contribution is 2.25. The van der Waals surface area contributed by atoms with Gasteiger partial charge >= 0.3 is 12.0 Å². The van der Waals surface area contributed by atoms with Gasteiger partial charge in [0.05, 0.1) is 4.47 Å². The number of carbonyl (C=O) groups is 2. The zero-order valence-electron chi connectivity index (χ0n) is 11.5. The van der Waals surface area contributed by atoms with Crippen molar-refractivity contribution in [2.24, 2.45) is 5.92 Å². The molecule has 0 radical (unpaired) electrons. The number of carboxylic acid groups (broad SMARTS) is 1. The first-order valence-electron chi connectivity index (χ1n) is 6.60. The van der Waals surface area contributed by atoms with Gasteiger partial charge in [-0.05, 0) is 52.9 Å². The predicted octanol–water partition coefficient (Wildman–Crippen LogP) is 3.23. The number of aliphatic carboxylic acids is 1. The lowest BCUT2D eigenvalue weighted by molar-refractivity contribution is -0.138. The van der Waals surface area contributed by atoms with Crippen molar-refractivity contribution in [3.8, 4) is 0 Å². The summed E-state index contributed by atoms with van der Waals surface area (Å²) in [5, 5.41) is 11.5. The standard InChI is InChI=1S/C14H16BrFN2O3/c1-8-4-11(16)10(15)6-12(8)17-14(21)18-3-2-9(7-18)5-13(19)20/h4,6,9H,2-3,5,7H2,1H3,(H,17,21)(H,19,20). The van der Waals surface area contributed by atoms with E-state index in [-0.39, 0.29) is 28.7 Å². The van der Waals surface area contributed by atoms with Gasteiger partial charge < -0.3 is 15.3 Å². The van der Waals surface area contributed by atoms with Gasteiger partial charge in [-0.25, -0.2) is 9.18 Å². The Balaban J connectivity index is 1.99. The molecule has 114 valence electrons. The van der Waals surface area contributed by atoms with Crippen molar-refractivity contribution >= 4 is 33.6 Å². The second-order valence-electron chi connectivity index (χ2n) is 5.21. The highest BCUT2D eigenvalue weighted by atomic mass is 79.9. The third-order valence-corrected chi connectivity index (χ3v) is 4.15. The van der Waals surface area contributed by atoms with Crippen molar-refractivity contribution in [1.82, 2.24) is 4.90 Å². The van der Waals surface area contributed by atoms with Crippen molar-refractivity contribution in [2.75, 3.05) is 18.4 Å². The number of aryl methyl sites for hydroxylation is 1. The number of anilines is 1. The first kappa shape index (κ1) is 15.8. The molecule has 5 nitrogen and oxygen atoms in total. The van der Waals surface area contributed by atoms with Crippen LogP contribution in [0.1, 0.15) is 18.4 Å². The minimum atomic E-state index is -0.847. The second-order valence-corrected chi connectivity index (χ2v) is 6.06. The number of halogens is 2. The summed E-state index contributed by atoms with van der Waals surface area (Å²) in [6.45, 7) is 2.67.